The van der Waals surface area contributed by atoms with Gasteiger partial charge in [-0.15, -0.1) is 0 Å². The van der Waals surface area contributed by atoms with E-state index in [1.54, 1.807) is 0 Å². The van der Waals surface area contributed by atoms with Gasteiger partial charge in [-0.3, -0.25) is 4.79 Å². The minimum Gasteiger partial charge on any atom is -0.370 e. The maximum atomic E-state index is 13.0. The molecule has 2 aromatic carbocycles. The molecule has 0 spiro atoms. The van der Waals surface area contributed by atoms with Crippen LogP contribution in [0.1, 0.15) is 42.9 Å². The molecule has 3 aromatic rings. The summed E-state index contributed by atoms with van der Waals surface area (Å²) in [6.07, 6.45) is 3.73. The number of rotatable bonds is 9. The van der Waals surface area contributed by atoms with E-state index in [-0.39, 0.29) is 11.8 Å². The van der Waals surface area contributed by atoms with Gasteiger partial charge in [0.15, 0.2) is 0 Å². The molecule has 1 saturated heterocycles. The molecule has 2 heterocycles. The summed E-state index contributed by atoms with van der Waals surface area (Å²) < 4.78 is 7.78. The highest BCUT2D eigenvalue weighted by Crippen LogP contribution is 2.36. The van der Waals surface area contributed by atoms with Crippen LogP contribution in [0.2, 0.25) is 0 Å². The van der Waals surface area contributed by atoms with Gasteiger partial charge in [0, 0.05) is 30.5 Å². The zero-order chi connectivity index (χ0) is 22.3. The fourth-order valence-electron chi connectivity index (χ4n) is 4.92. The third-order valence-electron chi connectivity index (χ3n) is 6.70. The topological polar surface area (TPSA) is 47.7 Å². The van der Waals surface area contributed by atoms with Crippen LogP contribution in [0.25, 0.3) is 10.9 Å². The van der Waals surface area contributed by atoms with Crippen molar-refractivity contribution >= 4 is 16.8 Å². The van der Waals surface area contributed by atoms with Crippen molar-refractivity contribution in [3.05, 3.63) is 71.4 Å². The largest absolute Gasteiger partial charge is 0.370 e. The van der Waals surface area contributed by atoms with E-state index in [4.69, 9.17) is 4.74 Å². The molecule has 2 N–H and O–H groups in total. The highest BCUT2D eigenvalue weighted by molar-refractivity contribution is 5.89. The molecule has 4 rings (SSSR count). The predicted molar refractivity (Wildman–Crippen MR) is 129 cm³/mol. The van der Waals surface area contributed by atoms with Crippen LogP contribution >= 0.6 is 0 Å². The van der Waals surface area contributed by atoms with Gasteiger partial charge in [-0.05, 0) is 30.0 Å². The third kappa shape index (κ3) is 5.05. The number of amides is 1. The number of para-hydroxylation sites is 1. The lowest BCUT2D eigenvalue weighted by atomic mass is 9.87. The normalized spacial score (nSPS) is 15.7. The Bertz CT molecular complexity index is 1020. The van der Waals surface area contributed by atoms with Crippen LogP contribution in [0.4, 0.5) is 0 Å². The number of ether oxygens (including phenoxy) is 1. The minimum absolute atomic E-state index is 0.0364. The van der Waals surface area contributed by atoms with Crippen molar-refractivity contribution in [1.82, 2.24) is 9.88 Å². The summed E-state index contributed by atoms with van der Waals surface area (Å²) in [5.41, 5.74) is 5.11. The first-order valence-corrected chi connectivity index (χ1v) is 12.0. The van der Waals surface area contributed by atoms with Crippen LogP contribution in [0.15, 0.2) is 54.7 Å². The molecule has 0 aliphatic carbocycles. The summed E-state index contributed by atoms with van der Waals surface area (Å²) in [4.78, 5) is 14.5. The lowest BCUT2D eigenvalue weighted by Crippen LogP contribution is -3.14. The molecule has 1 aliphatic heterocycles. The average molecular weight is 435 g/mol. The van der Waals surface area contributed by atoms with E-state index < -0.39 is 0 Å². The second-order valence-electron chi connectivity index (χ2n) is 8.67. The molecule has 0 saturated carbocycles. The molecule has 0 bridgehead atoms. The summed E-state index contributed by atoms with van der Waals surface area (Å²) in [6, 6.07) is 17.1. The van der Waals surface area contributed by atoms with Crippen molar-refractivity contribution < 1.29 is 14.4 Å². The molecule has 170 valence electrons. The second kappa shape index (κ2) is 10.8. The number of hydrogen-bond donors (Lipinski definition) is 2. The van der Waals surface area contributed by atoms with Crippen molar-refractivity contribution in [1.29, 1.82) is 0 Å². The van der Waals surface area contributed by atoms with E-state index in [1.165, 1.54) is 32.5 Å². The van der Waals surface area contributed by atoms with E-state index in [1.807, 2.05) is 6.07 Å². The Morgan fingerprint density at radius 1 is 1.09 bits per heavy atom. The quantitative estimate of drug-likeness (QED) is 0.544. The first kappa shape index (κ1) is 22.6. The zero-order valence-electron chi connectivity index (χ0n) is 19.4. The Kier molecular flexibility index (Phi) is 7.61. The van der Waals surface area contributed by atoms with E-state index in [2.05, 4.69) is 72.4 Å². The van der Waals surface area contributed by atoms with Gasteiger partial charge in [0.1, 0.15) is 13.1 Å². The molecular formula is C27H36N3O2+. The molecule has 1 aromatic heterocycles. The molecule has 5 nitrogen and oxygen atoms in total. The lowest BCUT2D eigenvalue weighted by Gasteiger charge is -2.24. The van der Waals surface area contributed by atoms with Gasteiger partial charge >= 0.3 is 0 Å². The van der Waals surface area contributed by atoms with Crippen molar-refractivity contribution in [3.63, 3.8) is 0 Å². The van der Waals surface area contributed by atoms with E-state index in [0.717, 1.165) is 45.8 Å². The number of fused-ring (bicyclic) bond motifs is 1. The summed E-state index contributed by atoms with van der Waals surface area (Å²) in [5.74, 6) is 0.157. The number of aryl methyl sites for hydroxylation is 2. The van der Waals surface area contributed by atoms with E-state index in [9.17, 15) is 4.79 Å². The number of carbonyl (C=O) groups is 1. The predicted octanol–water partition coefficient (Wildman–Crippen LogP) is 2.78. The fourth-order valence-corrected chi connectivity index (χ4v) is 4.92. The second-order valence-corrected chi connectivity index (χ2v) is 8.67. The molecular weight excluding hydrogens is 398 g/mol. The van der Waals surface area contributed by atoms with Crippen LogP contribution in [-0.4, -0.2) is 49.9 Å². The Hall–Kier alpha value is -2.63. The molecule has 1 fully saturated rings. The smallest absolute Gasteiger partial charge is 0.221 e. The Labute approximate surface area is 191 Å². The van der Waals surface area contributed by atoms with Crippen molar-refractivity contribution in [2.45, 2.75) is 39.2 Å². The molecule has 1 amide bonds. The number of hydrogen-bond acceptors (Lipinski definition) is 2. The lowest BCUT2D eigenvalue weighted by molar-refractivity contribution is -0.906. The number of aromatic nitrogens is 1. The molecule has 0 radical (unpaired) electrons. The molecule has 5 heteroatoms. The van der Waals surface area contributed by atoms with Gasteiger partial charge in [0.05, 0.1) is 31.8 Å². The van der Waals surface area contributed by atoms with Gasteiger partial charge in [0.2, 0.25) is 5.91 Å². The van der Waals surface area contributed by atoms with Gasteiger partial charge in [-0.2, -0.15) is 0 Å². The van der Waals surface area contributed by atoms with Crippen molar-refractivity contribution in [3.8, 4) is 0 Å². The monoisotopic (exact) mass is 434 g/mol. The van der Waals surface area contributed by atoms with Crippen LogP contribution in [-0.2, 0) is 22.5 Å². The maximum Gasteiger partial charge on any atom is 0.221 e. The van der Waals surface area contributed by atoms with E-state index >= 15 is 0 Å². The van der Waals surface area contributed by atoms with Crippen LogP contribution in [0.3, 0.4) is 0 Å². The van der Waals surface area contributed by atoms with Gasteiger partial charge < -0.3 is 19.5 Å². The number of morpholine rings is 1. The summed E-state index contributed by atoms with van der Waals surface area (Å²) in [6.45, 7) is 10.7. The summed E-state index contributed by atoms with van der Waals surface area (Å²) in [5, 5.41) is 4.45. The molecule has 0 unspecified atom stereocenters. The highest BCUT2D eigenvalue weighted by atomic mass is 16.5. The van der Waals surface area contributed by atoms with Gasteiger partial charge in [-0.25, -0.2) is 0 Å². The first-order valence-electron chi connectivity index (χ1n) is 12.0. The number of benzene rings is 2. The van der Waals surface area contributed by atoms with Crippen molar-refractivity contribution in [2.75, 3.05) is 39.4 Å². The first-order chi connectivity index (χ1) is 15.7. The zero-order valence-corrected chi connectivity index (χ0v) is 19.4. The number of quaternary nitrogens is 1. The highest BCUT2D eigenvalue weighted by Gasteiger charge is 2.23. The molecule has 32 heavy (non-hydrogen) atoms. The summed E-state index contributed by atoms with van der Waals surface area (Å²) in [7, 11) is 0. The van der Waals surface area contributed by atoms with Crippen LogP contribution in [0, 0.1) is 0 Å². The minimum atomic E-state index is 0.0364. The molecule has 1 atom stereocenters. The standard InChI is InChI=1S/C27H35N3O2/c1-3-21-11-8-12-23-25(20-30(4-2)27(21)23)24(22-9-6-5-7-10-22)19-26(31)28-13-14-29-15-17-32-18-16-29/h5-12,20,24H,3-4,13-19H2,1-2H3,(H,28,31)/p+1/t24-/m0/s1. The van der Waals surface area contributed by atoms with Gasteiger partial charge in [0.25, 0.3) is 0 Å². The van der Waals surface area contributed by atoms with Crippen molar-refractivity contribution in [2.24, 2.45) is 0 Å². The maximum absolute atomic E-state index is 13.0. The Morgan fingerprint density at radius 2 is 1.88 bits per heavy atom. The van der Waals surface area contributed by atoms with Crippen LogP contribution in [0.5, 0.6) is 0 Å². The van der Waals surface area contributed by atoms with Gasteiger partial charge in [-0.1, -0.05) is 55.5 Å². The average Bonchev–Trinajstić information content (AvgIpc) is 3.22. The number of nitrogens with zero attached hydrogens (tertiary/aromatic N) is 1. The summed E-state index contributed by atoms with van der Waals surface area (Å²) >= 11 is 0. The number of carbonyl (C=O) groups excluding carboxylic acids is 1. The molecule has 1 aliphatic rings. The fraction of sp³-hybridized carbons (Fsp3) is 0.444. The van der Waals surface area contributed by atoms with E-state index in [0.29, 0.717) is 13.0 Å². The Morgan fingerprint density at radius 3 is 2.59 bits per heavy atom. The third-order valence-corrected chi connectivity index (χ3v) is 6.70. The number of nitrogens with one attached hydrogen (secondary N) is 2. The Balaban J connectivity index is 1.57. The van der Waals surface area contributed by atoms with Crippen LogP contribution < -0.4 is 10.2 Å². The SMILES string of the molecule is CCc1cccc2c([C@@H](CC(=O)NCC[NH+]3CCOCC3)c3ccccc3)cn(CC)c12.